The molecular formula is C21H28N4O4. The van der Waals surface area contributed by atoms with Crippen LogP contribution in [0.2, 0.25) is 0 Å². The molecule has 1 unspecified atom stereocenters. The lowest BCUT2D eigenvalue weighted by Crippen LogP contribution is -2.44. The van der Waals surface area contributed by atoms with Gasteiger partial charge in [0.15, 0.2) is 5.69 Å². The number of nitrogens with one attached hydrogen (secondary N) is 1. The van der Waals surface area contributed by atoms with Crippen LogP contribution < -0.4 is 21.9 Å². The molecule has 1 heterocycles. The third-order valence-corrected chi connectivity index (χ3v) is 5.38. The fourth-order valence-electron chi connectivity index (χ4n) is 4.00. The molecule has 0 bridgehead atoms. The molecule has 0 aliphatic heterocycles. The molecular weight excluding hydrogens is 372 g/mol. The topological polar surface area (TPSA) is 110 Å². The van der Waals surface area contributed by atoms with Gasteiger partial charge in [0.25, 0.3) is 5.56 Å². The zero-order valence-corrected chi connectivity index (χ0v) is 16.9. The van der Waals surface area contributed by atoms with Crippen molar-refractivity contribution in [2.75, 3.05) is 30.9 Å². The number of ether oxygens (including phenoxy) is 1. The monoisotopic (exact) mass is 400 g/mol. The van der Waals surface area contributed by atoms with Crippen molar-refractivity contribution < 1.29 is 9.53 Å². The van der Waals surface area contributed by atoms with Crippen molar-refractivity contribution in [2.24, 2.45) is 0 Å². The van der Waals surface area contributed by atoms with Gasteiger partial charge in [-0.1, -0.05) is 31.2 Å². The van der Waals surface area contributed by atoms with E-state index in [2.05, 4.69) is 4.98 Å². The van der Waals surface area contributed by atoms with E-state index in [0.29, 0.717) is 19.4 Å². The van der Waals surface area contributed by atoms with E-state index < -0.39 is 11.2 Å². The van der Waals surface area contributed by atoms with Crippen LogP contribution in [-0.4, -0.2) is 35.7 Å². The number of aromatic amines is 1. The van der Waals surface area contributed by atoms with Gasteiger partial charge in [0.1, 0.15) is 5.82 Å². The summed E-state index contributed by atoms with van der Waals surface area (Å²) >= 11 is 0. The lowest BCUT2D eigenvalue weighted by molar-refractivity contribution is -0.120. The number of fused-ring (bicyclic) bond motifs is 1. The van der Waals surface area contributed by atoms with Crippen molar-refractivity contribution in [3.05, 3.63) is 56.2 Å². The average Bonchev–Trinajstić information content (AvgIpc) is 2.72. The zero-order valence-electron chi connectivity index (χ0n) is 16.9. The van der Waals surface area contributed by atoms with Crippen molar-refractivity contribution >= 4 is 17.4 Å². The molecule has 1 aromatic carbocycles. The number of carbonyl (C=O) groups excluding carboxylic acids is 1. The van der Waals surface area contributed by atoms with Crippen LogP contribution in [0.5, 0.6) is 0 Å². The highest BCUT2D eigenvalue weighted by atomic mass is 16.5. The van der Waals surface area contributed by atoms with Crippen molar-refractivity contribution in [3.8, 4) is 0 Å². The Balaban J connectivity index is 2.08. The summed E-state index contributed by atoms with van der Waals surface area (Å²) < 4.78 is 6.47. The van der Waals surface area contributed by atoms with Crippen molar-refractivity contribution in [2.45, 2.75) is 45.1 Å². The number of hydrogen-bond donors (Lipinski definition) is 2. The molecule has 29 heavy (non-hydrogen) atoms. The number of nitrogens with zero attached hydrogens (tertiary/aromatic N) is 2. The summed E-state index contributed by atoms with van der Waals surface area (Å²) in [6, 6.07) is 7.90. The van der Waals surface area contributed by atoms with Crippen LogP contribution >= 0.6 is 0 Å². The number of nitrogens with two attached hydrogens (primary N) is 1. The number of aromatic nitrogens is 2. The van der Waals surface area contributed by atoms with Crippen LogP contribution in [0.15, 0.2) is 33.9 Å². The van der Waals surface area contributed by atoms with Crippen molar-refractivity contribution in [1.82, 2.24) is 9.55 Å². The first-order valence-electron chi connectivity index (χ1n) is 10.00. The second-order valence-electron chi connectivity index (χ2n) is 7.27. The number of aryl methyl sites for hydroxylation is 1. The van der Waals surface area contributed by atoms with E-state index in [4.69, 9.17) is 10.5 Å². The maximum Gasteiger partial charge on any atom is 0.330 e. The van der Waals surface area contributed by atoms with Crippen molar-refractivity contribution in [1.29, 1.82) is 0 Å². The molecule has 1 amide bonds. The molecule has 2 aromatic rings. The normalized spacial score (nSPS) is 15.7. The summed E-state index contributed by atoms with van der Waals surface area (Å²) in [4.78, 5) is 42.1. The number of rotatable bonds is 7. The number of benzene rings is 1. The first kappa shape index (κ1) is 20.9. The van der Waals surface area contributed by atoms with Gasteiger partial charge in [-0.2, -0.15) is 0 Å². The first-order chi connectivity index (χ1) is 14.0. The largest absolute Gasteiger partial charge is 0.383 e. The quantitative estimate of drug-likeness (QED) is 0.734. The van der Waals surface area contributed by atoms with E-state index in [1.54, 1.807) is 0 Å². The molecule has 1 aromatic heterocycles. The zero-order chi connectivity index (χ0) is 21.0. The van der Waals surface area contributed by atoms with Gasteiger partial charge in [0.2, 0.25) is 5.91 Å². The summed E-state index contributed by atoms with van der Waals surface area (Å²) in [6.45, 7) is 2.67. The Labute approximate surface area is 169 Å². The number of hydrogen-bond acceptors (Lipinski definition) is 5. The average molecular weight is 400 g/mol. The molecule has 0 radical (unpaired) electrons. The van der Waals surface area contributed by atoms with Gasteiger partial charge in [-0.05, 0) is 36.8 Å². The maximum absolute atomic E-state index is 13.6. The Morgan fingerprint density at radius 2 is 2.10 bits per heavy atom. The minimum Gasteiger partial charge on any atom is -0.383 e. The van der Waals surface area contributed by atoms with E-state index in [1.807, 2.05) is 31.2 Å². The van der Waals surface area contributed by atoms with E-state index in [0.717, 1.165) is 24.0 Å². The van der Waals surface area contributed by atoms with Crippen molar-refractivity contribution in [3.63, 3.8) is 0 Å². The number of carbonyl (C=O) groups is 1. The fourth-order valence-corrected chi connectivity index (χ4v) is 4.00. The predicted octanol–water partition coefficient (Wildman–Crippen LogP) is 1.63. The number of H-pyrrole nitrogens is 1. The summed E-state index contributed by atoms with van der Waals surface area (Å²) in [7, 11) is 1.53. The van der Waals surface area contributed by atoms with Crippen LogP contribution in [-0.2, 0) is 22.5 Å². The summed E-state index contributed by atoms with van der Waals surface area (Å²) in [5.41, 5.74) is 7.15. The SMILES string of the molecule is CCCn1c(N)c(N(CCOC)C(=O)C2CCCc3ccccc32)c(=O)[nH]c1=O. The van der Waals surface area contributed by atoms with Gasteiger partial charge < -0.3 is 15.4 Å². The first-order valence-corrected chi connectivity index (χ1v) is 10.00. The minimum absolute atomic E-state index is 0.00847. The Hall–Kier alpha value is -2.87. The Morgan fingerprint density at radius 3 is 2.83 bits per heavy atom. The molecule has 0 saturated carbocycles. The molecule has 156 valence electrons. The van der Waals surface area contributed by atoms with Crippen LogP contribution in [0.3, 0.4) is 0 Å². The molecule has 8 nitrogen and oxygen atoms in total. The Morgan fingerprint density at radius 1 is 1.34 bits per heavy atom. The highest BCUT2D eigenvalue weighted by Gasteiger charge is 2.33. The lowest BCUT2D eigenvalue weighted by Gasteiger charge is -2.31. The van der Waals surface area contributed by atoms with Crippen LogP contribution in [0, 0.1) is 0 Å². The second-order valence-corrected chi connectivity index (χ2v) is 7.27. The summed E-state index contributed by atoms with van der Waals surface area (Å²) in [5.74, 6) is -0.551. The number of anilines is 2. The highest BCUT2D eigenvalue weighted by Crippen LogP contribution is 2.34. The highest BCUT2D eigenvalue weighted by molar-refractivity contribution is 6.00. The van der Waals surface area contributed by atoms with Crippen LogP contribution in [0.4, 0.5) is 11.5 Å². The molecule has 3 N–H and O–H groups in total. The number of amides is 1. The molecule has 1 aliphatic rings. The fraction of sp³-hybridized carbons (Fsp3) is 0.476. The van der Waals surface area contributed by atoms with Gasteiger partial charge in [0, 0.05) is 20.2 Å². The van der Waals surface area contributed by atoms with Crippen LogP contribution in [0.1, 0.15) is 43.2 Å². The van der Waals surface area contributed by atoms with Crippen LogP contribution in [0.25, 0.3) is 0 Å². The third kappa shape index (κ3) is 4.12. The minimum atomic E-state index is -0.659. The molecule has 0 spiro atoms. The van der Waals surface area contributed by atoms with E-state index in [1.165, 1.54) is 16.6 Å². The smallest absolute Gasteiger partial charge is 0.330 e. The molecule has 1 aliphatic carbocycles. The van der Waals surface area contributed by atoms with Gasteiger partial charge in [0.05, 0.1) is 12.5 Å². The van der Waals surface area contributed by atoms with E-state index in [9.17, 15) is 14.4 Å². The Kier molecular flexibility index (Phi) is 6.53. The predicted molar refractivity (Wildman–Crippen MR) is 112 cm³/mol. The molecule has 8 heteroatoms. The molecule has 3 rings (SSSR count). The Bertz CT molecular complexity index is 995. The van der Waals surface area contributed by atoms with Gasteiger partial charge >= 0.3 is 5.69 Å². The summed E-state index contributed by atoms with van der Waals surface area (Å²) in [5, 5.41) is 0. The van der Waals surface area contributed by atoms with Gasteiger partial charge in [-0.3, -0.25) is 19.1 Å². The van der Waals surface area contributed by atoms with E-state index in [-0.39, 0.29) is 36.5 Å². The molecule has 0 fully saturated rings. The number of nitrogen functional groups attached to an aromatic ring is 1. The maximum atomic E-state index is 13.6. The third-order valence-electron chi connectivity index (χ3n) is 5.38. The standard InChI is InChI=1S/C21H28N4O4/c1-3-11-25-18(22)17(19(26)23-21(25)28)24(12-13-29-2)20(27)16-10-6-8-14-7-4-5-9-15(14)16/h4-5,7,9,16H,3,6,8,10-13,22H2,1-2H3,(H,23,26,28). The number of methoxy groups -OCH3 is 1. The summed E-state index contributed by atoms with van der Waals surface area (Å²) in [6.07, 6.45) is 3.19. The molecule has 1 atom stereocenters. The van der Waals surface area contributed by atoms with Gasteiger partial charge in [-0.25, -0.2) is 4.79 Å². The van der Waals surface area contributed by atoms with E-state index >= 15 is 0 Å². The molecule has 0 saturated heterocycles. The second kappa shape index (κ2) is 9.09. The van der Waals surface area contributed by atoms with Gasteiger partial charge in [-0.15, -0.1) is 0 Å². The lowest BCUT2D eigenvalue weighted by atomic mass is 9.82.